The van der Waals surface area contributed by atoms with Gasteiger partial charge in [0.2, 0.25) is 0 Å². The summed E-state index contributed by atoms with van der Waals surface area (Å²) in [6.45, 7) is 8.18. The Hall–Kier alpha value is -1.68. The quantitative estimate of drug-likeness (QED) is 0.846. The number of aryl methyl sites for hydroxylation is 1. The lowest BCUT2D eigenvalue weighted by Gasteiger charge is -2.38. The third-order valence-electron chi connectivity index (χ3n) is 5.33. The first-order valence-corrected chi connectivity index (χ1v) is 9.36. The molecule has 3 atom stereocenters. The third-order valence-corrected chi connectivity index (χ3v) is 5.33. The Morgan fingerprint density at radius 1 is 1.12 bits per heavy atom. The molecule has 0 aromatic heterocycles. The van der Waals surface area contributed by atoms with Gasteiger partial charge in [0.25, 0.3) is 0 Å². The van der Waals surface area contributed by atoms with Crippen LogP contribution in [0.1, 0.15) is 36.1 Å². The molecule has 0 saturated carbocycles. The van der Waals surface area contributed by atoms with E-state index in [2.05, 4.69) is 66.5 Å². The van der Waals surface area contributed by atoms with Gasteiger partial charge < -0.3 is 10.4 Å². The number of nitrogens with zero attached hydrogens (tertiary/aromatic N) is 1. The van der Waals surface area contributed by atoms with Crippen molar-refractivity contribution in [3.63, 3.8) is 0 Å². The van der Waals surface area contributed by atoms with Gasteiger partial charge in [-0.1, -0.05) is 67.1 Å². The van der Waals surface area contributed by atoms with Crippen molar-refractivity contribution < 1.29 is 5.11 Å². The second-order valence-corrected chi connectivity index (χ2v) is 7.43. The van der Waals surface area contributed by atoms with Crippen LogP contribution in [0.25, 0.3) is 0 Å². The van der Waals surface area contributed by atoms with Crippen LogP contribution in [0.2, 0.25) is 0 Å². The molecule has 0 spiro atoms. The van der Waals surface area contributed by atoms with Gasteiger partial charge in [-0.15, -0.1) is 0 Å². The predicted octanol–water partition coefficient (Wildman–Crippen LogP) is 3.53. The van der Waals surface area contributed by atoms with Gasteiger partial charge in [-0.3, -0.25) is 4.90 Å². The van der Waals surface area contributed by atoms with Gasteiger partial charge in [0.05, 0.1) is 6.10 Å². The van der Waals surface area contributed by atoms with Crippen LogP contribution in [0.4, 0.5) is 0 Å². The van der Waals surface area contributed by atoms with Crippen LogP contribution in [0.3, 0.4) is 0 Å². The van der Waals surface area contributed by atoms with E-state index >= 15 is 0 Å². The summed E-state index contributed by atoms with van der Waals surface area (Å²) >= 11 is 0. The monoisotopic (exact) mass is 338 g/mol. The van der Waals surface area contributed by atoms with Gasteiger partial charge in [0.15, 0.2) is 0 Å². The Morgan fingerprint density at radius 3 is 2.56 bits per heavy atom. The molecular formula is C22H30N2O. The molecular weight excluding hydrogens is 308 g/mol. The molecule has 3 nitrogen and oxygen atoms in total. The summed E-state index contributed by atoms with van der Waals surface area (Å²) in [5.41, 5.74) is 3.58. The van der Waals surface area contributed by atoms with E-state index in [0.29, 0.717) is 18.5 Å². The number of hydrogen-bond donors (Lipinski definition) is 2. The standard InChI is InChI=1S/C22H30N2O/c1-17-8-10-20(11-9-17)22(25)14-23-21-16-24(13-12-18(21)2)15-19-6-4-3-5-7-19/h3-11,18,21-23,25H,12-16H2,1-2H3/t18-,21-,22-/m1/s1. The second-order valence-electron chi connectivity index (χ2n) is 7.43. The molecule has 0 amide bonds. The summed E-state index contributed by atoms with van der Waals surface area (Å²) in [5.74, 6) is 0.636. The van der Waals surface area contributed by atoms with Crippen molar-refractivity contribution in [3.05, 3.63) is 71.3 Å². The fraction of sp³-hybridized carbons (Fsp3) is 0.455. The smallest absolute Gasteiger partial charge is 0.0914 e. The van der Waals surface area contributed by atoms with E-state index in [1.807, 2.05) is 12.1 Å². The van der Waals surface area contributed by atoms with Gasteiger partial charge in [-0.2, -0.15) is 0 Å². The Kier molecular flexibility index (Phi) is 6.24. The fourth-order valence-electron chi connectivity index (χ4n) is 3.56. The molecule has 134 valence electrons. The highest BCUT2D eigenvalue weighted by molar-refractivity contribution is 5.23. The topological polar surface area (TPSA) is 35.5 Å². The Morgan fingerprint density at radius 2 is 1.84 bits per heavy atom. The van der Waals surface area contributed by atoms with Crippen LogP contribution in [0.5, 0.6) is 0 Å². The lowest BCUT2D eigenvalue weighted by atomic mass is 9.92. The number of piperidine rings is 1. The Bertz CT molecular complexity index is 641. The number of rotatable bonds is 6. The van der Waals surface area contributed by atoms with E-state index in [0.717, 1.165) is 25.2 Å². The molecule has 1 aliphatic rings. The van der Waals surface area contributed by atoms with Gasteiger partial charge >= 0.3 is 0 Å². The van der Waals surface area contributed by atoms with Crippen LogP contribution in [0.15, 0.2) is 54.6 Å². The van der Waals surface area contributed by atoms with Crippen molar-refractivity contribution in [3.8, 4) is 0 Å². The van der Waals surface area contributed by atoms with Crippen LogP contribution in [-0.4, -0.2) is 35.7 Å². The number of aliphatic hydroxyl groups is 1. The maximum Gasteiger partial charge on any atom is 0.0914 e. The molecule has 2 aromatic rings. The van der Waals surface area contributed by atoms with Crippen LogP contribution >= 0.6 is 0 Å². The summed E-state index contributed by atoms with van der Waals surface area (Å²) in [6.07, 6.45) is 0.753. The predicted molar refractivity (Wildman–Crippen MR) is 103 cm³/mol. The van der Waals surface area contributed by atoms with Crippen molar-refractivity contribution in [2.24, 2.45) is 5.92 Å². The normalized spacial score (nSPS) is 22.7. The number of benzene rings is 2. The maximum atomic E-state index is 10.5. The highest BCUT2D eigenvalue weighted by atomic mass is 16.3. The minimum atomic E-state index is -0.447. The molecule has 3 rings (SSSR count). The molecule has 2 N–H and O–H groups in total. The van der Waals surface area contributed by atoms with Gasteiger partial charge in [-0.05, 0) is 36.9 Å². The molecule has 3 heteroatoms. The van der Waals surface area contributed by atoms with Crippen molar-refractivity contribution in [1.82, 2.24) is 10.2 Å². The average Bonchev–Trinajstić information content (AvgIpc) is 2.63. The summed E-state index contributed by atoms with van der Waals surface area (Å²) in [6, 6.07) is 19.3. The van der Waals surface area contributed by atoms with Crippen molar-refractivity contribution in [2.45, 2.75) is 39.0 Å². The first kappa shape index (κ1) is 18.1. The zero-order valence-corrected chi connectivity index (χ0v) is 15.4. The van der Waals surface area contributed by atoms with E-state index < -0.39 is 6.10 Å². The molecule has 0 aliphatic carbocycles. The van der Waals surface area contributed by atoms with Crippen molar-refractivity contribution in [2.75, 3.05) is 19.6 Å². The van der Waals surface area contributed by atoms with E-state index in [1.165, 1.54) is 17.5 Å². The Labute approximate surface area is 151 Å². The second kappa shape index (κ2) is 8.61. The minimum absolute atomic E-state index is 0.428. The summed E-state index contributed by atoms with van der Waals surface area (Å²) in [7, 11) is 0. The zero-order chi connectivity index (χ0) is 17.6. The van der Waals surface area contributed by atoms with Crippen LogP contribution in [-0.2, 0) is 6.54 Å². The Balaban J connectivity index is 1.52. The van der Waals surface area contributed by atoms with Gasteiger partial charge in [0, 0.05) is 25.7 Å². The SMILES string of the molecule is Cc1ccc([C@H](O)CN[C@@H]2CN(Cc3ccccc3)CC[C@H]2C)cc1. The molecule has 1 heterocycles. The third kappa shape index (κ3) is 5.15. The molecule has 25 heavy (non-hydrogen) atoms. The van der Waals surface area contributed by atoms with Crippen LogP contribution < -0.4 is 5.32 Å². The lowest BCUT2D eigenvalue weighted by molar-refractivity contribution is 0.119. The summed E-state index contributed by atoms with van der Waals surface area (Å²) in [5, 5.41) is 14.1. The first-order valence-electron chi connectivity index (χ1n) is 9.36. The van der Waals surface area contributed by atoms with Gasteiger partial charge in [-0.25, -0.2) is 0 Å². The summed E-state index contributed by atoms with van der Waals surface area (Å²) in [4.78, 5) is 2.52. The molecule has 1 saturated heterocycles. The molecule has 1 aliphatic heterocycles. The number of hydrogen-bond acceptors (Lipinski definition) is 3. The number of aliphatic hydroxyl groups excluding tert-OH is 1. The van der Waals surface area contributed by atoms with Crippen LogP contribution in [0, 0.1) is 12.8 Å². The van der Waals surface area contributed by atoms with E-state index in [9.17, 15) is 5.11 Å². The molecule has 1 fully saturated rings. The molecule has 0 radical (unpaired) electrons. The van der Waals surface area contributed by atoms with Gasteiger partial charge in [0.1, 0.15) is 0 Å². The zero-order valence-electron chi connectivity index (χ0n) is 15.4. The maximum absolute atomic E-state index is 10.5. The largest absolute Gasteiger partial charge is 0.387 e. The number of likely N-dealkylation sites (tertiary alicyclic amines) is 1. The number of nitrogens with one attached hydrogen (secondary N) is 1. The highest BCUT2D eigenvalue weighted by Crippen LogP contribution is 2.20. The van der Waals surface area contributed by atoms with E-state index in [1.54, 1.807) is 0 Å². The first-order chi connectivity index (χ1) is 12.1. The summed E-state index contributed by atoms with van der Waals surface area (Å²) < 4.78 is 0. The fourth-order valence-corrected chi connectivity index (χ4v) is 3.56. The molecule has 2 aromatic carbocycles. The molecule has 0 bridgehead atoms. The van der Waals surface area contributed by atoms with Crippen molar-refractivity contribution in [1.29, 1.82) is 0 Å². The average molecular weight is 338 g/mol. The van der Waals surface area contributed by atoms with E-state index in [-0.39, 0.29) is 0 Å². The molecule has 0 unspecified atom stereocenters. The lowest BCUT2D eigenvalue weighted by Crippen LogP contribution is -2.50. The van der Waals surface area contributed by atoms with E-state index in [4.69, 9.17) is 0 Å². The van der Waals surface area contributed by atoms with Crippen molar-refractivity contribution >= 4 is 0 Å². The minimum Gasteiger partial charge on any atom is -0.387 e. The highest BCUT2D eigenvalue weighted by Gasteiger charge is 2.26.